The molecule has 18 heavy (non-hydrogen) atoms. The molecule has 0 aromatic heterocycles. The summed E-state index contributed by atoms with van der Waals surface area (Å²) in [6.45, 7) is 4.37. The van der Waals surface area contributed by atoms with Crippen LogP contribution in [0.2, 0.25) is 0 Å². The molecule has 0 bridgehead atoms. The highest BCUT2D eigenvalue weighted by atomic mass is 14.0. The van der Waals surface area contributed by atoms with Crippen LogP contribution in [0.15, 0.2) is 48.5 Å². The third-order valence-corrected chi connectivity index (χ3v) is 3.60. The van der Waals surface area contributed by atoms with E-state index in [1.54, 1.807) is 0 Å². The number of aryl methyl sites for hydroxylation is 4. The van der Waals surface area contributed by atoms with Crippen molar-refractivity contribution in [2.45, 2.75) is 39.5 Å². The molecule has 0 radical (unpaired) electrons. The van der Waals surface area contributed by atoms with Crippen molar-refractivity contribution in [1.29, 1.82) is 0 Å². The van der Waals surface area contributed by atoms with Crippen molar-refractivity contribution in [1.82, 2.24) is 0 Å². The van der Waals surface area contributed by atoms with E-state index in [0.717, 1.165) is 0 Å². The van der Waals surface area contributed by atoms with Gasteiger partial charge in [0.1, 0.15) is 0 Å². The Morgan fingerprint density at radius 2 is 1.33 bits per heavy atom. The Labute approximate surface area is 111 Å². The summed E-state index contributed by atoms with van der Waals surface area (Å²) in [5, 5.41) is 0. The summed E-state index contributed by atoms with van der Waals surface area (Å²) in [7, 11) is 0. The quantitative estimate of drug-likeness (QED) is 0.652. The molecule has 0 aliphatic heterocycles. The van der Waals surface area contributed by atoms with Crippen LogP contribution < -0.4 is 0 Å². The molecule has 0 nitrogen and oxygen atoms in total. The highest BCUT2D eigenvalue weighted by Crippen LogP contribution is 2.13. The summed E-state index contributed by atoms with van der Waals surface area (Å²) in [5.41, 5.74) is 5.74. The molecule has 0 spiro atoms. The lowest BCUT2D eigenvalue weighted by Crippen LogP contribution is -1.91. The number of benzene rings is 2. The van der Waals surface area contributed by atoms with Crippen LogP contribution in [0.4, 0.5) is 0 Å². The Morgan fingerprint density at radius 3 is 2.00 bits per heavy atom. The lowest BCUT2D eigenvalue weighted by atomic mass is 10.0. The van der Waals surface area contributed by atoms with Gasteiger partial charge in [-0.3, -0.25) is 0 Å². The first kappa shape index (κ1) is 12.9. The van der Waals surface area contributed by atoms with E-state index in [4.69, 9.17) is 0 Å². The fourth-order valence-electron chi connectivity index (χ4n) is 2.26. The second-order valence-corrected chi connectivity index (χ2v) is 5.11. The van der Waals surface area contributed by atoms with Gasteiger partial charge < -0.3 is 0 Å². The van der Waals surface area contributed by atoms with Gasteiger partial charge in [-0.2, -0.15) is 0 Å². The normalized spacial score (nSPS) is 10.6. The van der Waals surface area contributed by atoms with Gasteiger partial charge in [-0.25, -0.2) is 0 Å². The first-order valence-corrected chi connectivity index (χ1v) is 6.86. The summed E-state index contributed by atoms with van der Waals surface area (Å²) < 4.78 is 0. The van der Waals surface area contributed by atoms with Crippen LogP contribution in [0.25, 0.3) is 0 Å². The molecule has 0 aliphatic rings. The summed E-state index contributed by atoms with van der Waals surface area (Å²) in [4.78, 5) is 0. The number of rotatable bonds is 5. The second kappa shape index (κ2) is 6.39. The third kappa shape index (κ3) is 3.73. The van der Waals surface area contributed by atoms with E-state index in [-0.39, 0.29) is 0 Å². The van der Waals surface area contributed by atoms with Crippen LogP contribution >= 0.6 is 0 Å². The van der Waals surface area contributed by atoms with E-state index < -0.39 is 0 Å². The van der Waals surface area contributed by atoms with E-state index in [2.05, 4.69) is 62.4 Å². The van der Waals surface area contributed by atoms with Crippen molar-refractivity contribution in [2.75, 3.05) is 0 Å². The third-order valence-electron chi connectivity index (χ3n) is 3.60. The number of unbranched alkanes of at least 4 members (excludes halogenated alkanes) is 1. The second-order valence-electron chi connectivity index (χ2n) is 5.11. The number of hydrogen-bond donors (Lipinski definition) is 0. The maximum Gasteiger partial charge on any atom is -0.0279 e. The molecule has 0 atom stereocenters. The summed E-state index contributed by atoms with van der Waals surface area (Å²) >= 11 is 0. The molecule has 0 saturated carbocycles. The van der Waals surface area contributed by atoms with E-state index in [0.29, 0.717) is 0 Å². The monoisotopic (exact) mass is 238 g/mol. The zero-order valence-corrected chi connectivity index (χ0v) is 11.4. The maximum absolute atomic E-state index is 2.33. The molecule has 0 heterocycles. The van der Waals surface area contributed by atoms with Crippen LogP contribution in [-0.4, -0.2) is 0 Å². The van der Waals surface area contributed by atoms with Gasteiger partial charge in [-0.15, -0.1) is 0 Å². The molecule has 94 valence electrons. The van der Waals surface area contributed by atoms with Crippen molar-refractivity contribution in [3.05, 3.63) is 70.8 Å². The molecule has 2 rings (SSSR count). The van der Waals surface area contributed by atoms with Crippen molar-refractivity contribution < 1.29 is 0 Å². The highest BCUT2D eigenvalue weighted by molar-refractivity contribution is 5.29. The Morgan fingerprint density at radius 1 is 0.667 bits per heavy atom. The highest BCUT2D eigenvalue weighted by Gasteiger charge is 1.97. The maximum atomic E-state index is 2.33. The Balaban J connectivity index is 1.77. The number of hydrogen-bond acceptors (Lipinski definition) is 0. The van der Waals surface area contributed by atoms with Crippen LogP contribution in [-0.2, 0) is 12.8 Å². The van der Waals surface area contributed by atoms with Gasteiger partial charge in [-0.1, -0.05) is 48.5 Å². The van der Waals surface area contributed by atoms with Crippen LogP contribution in [0.3, 0.4) is 0 Å². The molecule has 0 heteroatoms. The molecular formula is C18H22. The van der Waals surface area contributed by atoms with Gasteiger partial charge in [0.25, 0.3) is 0 Å². The summed E-state index contributed by atoms with van der Waals surface area (Å²) in [6.07, 6.45) is 4.95. The van der Waals surface area contributed by atoms with E-state index in [1.807, 2.05) is 0 Å². The van der Waals surface area contributed by atoms with Gasteiger partial charge in [0.15, 0.2) is 0 Å². The van der Waals surface area contributed by atoms with Gasteiger partial charge >= 0.3 is 0 Å². The van der Waals surface area contributed by atoms with Crippen LogP contribution in [0, 0.1) is 13.8 Å². The van der Waals surface area contributed by atoms with E-state index in [1.165, 1.54) is 47.9 Å². The molecule has 0 saturated heterocycles. The minimum Gasteiger partial charge on any atom is -0.0622 e. The lowest BCUT2D eigenvalue weighted by Gasteiger charge is -2.05. The fraction of sp³-hybridized carbons (Fsp3) is 0.333. The Hall–Kier alpha value is -1.56. The molecule has 0 amide bonds. The first-order chi connectivity index (χ1) is 8.75. The van der Waals surface area contributed by atoms with Gasteiger partial charge in [0, 0.05) is 0 Å². The van der Waals surface area contributed by atoms with Crippen LogP contribution in [0.1, 0.15) is 35.1 Å². The minimum atomic E-state index is 1.20. The first-order valence-electron chi connectivity index (χ1n) is 6.86. The average molecular weight is 238 g/mol. The molecule has 2 aromatic rings. The molecule has 0 fully saturated rings. The smallest absolute Gasteiger partial charge is 0.0279 e. The standard InChI is InChI=1S/C18H22/c1-15-12-13-18(14-16(15)2)11-7-6-10-17-8-4-3-5-9-17/h3-5,8-9,12-14H,6-7,10-11H2,1-2H3. The van der Waals surface area contributed by atoms with Gasteiger partial charge in [-0.05, 0) is 61.8 Å². The predicted octanol–water partition coefficient (Wildman–Crippen LogP) is 4.87. The average Bonchev–Trinajstić information content (AvgIpc) is 2.40. The van der Waals surface area contributed by atoms with E-state index >= 15 is 0 Å². The van der Waals surface area contributed by atoms with Crippen molar-refractivity contribution >= 4 is 0 Å². The zero-order chi connectivity index (χ0) is 12.8. The topological polar surface area (TPSA) is 0 Å². The Kier molecular flexibility index (Phi) is 4.58. The molecule has 0 N–H and O–H groups in total. The minimum absolute atomic E-state index is 1.20. The lowest BCUT2D eigenvalue weighted by molar-refractivity contribution is 0.734. The zero-order valence-electron chi connectivity index (χ0n) is 11.4. The molecule has 0 unspecified atom stereocenters. The largest absolute Gasteiger partial charge is 0.0622 e. The van der Waals surface area contributed by atoms with Crippen LogP contribution in [0.5, 0.6) is 0 Å². The summed E-state index contributed by atoms with van der Waals surface area (Å²) in [5.74, 6) is 0. The van der Waals surface area contributed by atoms with Crippen molar-refractivity contribution in [2.24, 2.45) is 0 Å². The predicted molar refractivity (Wildman–Crippen MR) is 79.0 cm³/mol. The van der Waals surface area contributed by atoms with E-state index in [9.17, 15) is 0 Å². The summed E-state index contributed by atoms with van der Waals surface area (Å²) in [6, 6.07) is 17.6. The van der Waals surface area contributed by atoms with Crippen molar-refractivity contribution in [3.63, 3.8) is 0 Å². The fourth-order valence-corrected chi connectivity index (χ4v) is 2.26. The van der Waals surface area contributed by atoms with Gasteiger partial charge in [0.2, 0.25) is 0 Å². The SMILES string of the molecule is Cc1ccc(CCCCc2ccccc2)cc1C. The van der Waals surface area contributed by atoms with Crippen molar-refractivity contribution in [3.8, 4) is 0 Å². The molecule has 2 aromatic carbocycles. The Bertz CT molecular complexity index is 483. The van der Waals surface area contributed by atoms with Gasteiger partial charge in [0.05, 0.1) is 0 Å². The molecular weight excluding hydrogens is 216 g/mol. The molecule has 0 aliphatic carbocycles.